The van der Waals surface area contributed by atoms with Gasteiger partial charge in [-0.15, -0.1) is 0 Å². The van der Waals surface area contributed by atoms with E-state index in [4.69, 9.17) is 5.73 Å². The number of unbranched alkanes of at least 4 members (excludes halogenated alkanes) is 3. The van der Waals surface area contributed by atoms with Crippen LogP contribution in [-0.4, -0.2) is 37.2 Å². The Kier molecular flexibility index (Phi) is 7.76. The molecule has 1 aliphatic rings. The number of hydrogen-bond donors (Lipinski definition) is 3. The van der Waals surface area contributed by atoms with Gasteiger partial charge in [-0.25, -0.2) is 9.80 Å². The van der Waals surface area contributed by atoms with Crippen molar-refractivity contribution in [2.45, 2.75) is 45.4 Å². The highest BCUT2D eigenvalue weighted by Crippen LogP contribution is 2.13. The molecule has 1 heterocycles. The van der Waals surface area contributed by atoms with Gasteiger partial charge in [0.05, 0.1) is 0 Å². The van der Waals surface area contributed by atoms with Crippen LogP contribution in [0.1, 0.15) is 45.4 Å². The van der Waals surface area contributed by atoms with E-state index in [1.165, 1.54) is 19.3 Å². The van der Waals surface area contributed by atoms with Crippen molar-refractivity contribution in [3.8, 4) is 0 Å². The van der Waals surface area contributed by atoms with Gasteiger partial charge in [0.15, 0.2) is 0 Å². The van der Waals surface area contributed by atoms with E-state index in [1.807, 2.05) is 5.01 Å². The van der Waals surface area contributed by atoms with Crippen molar-refractivity contribution in [3.63, 3.8) is 0 Å². The number of nitrogens with zero attached hydrogens (tertiary/aromatic N) is 1. The molecule has 1 saturated heterocycles. The molecule has 0 unspecified atom stereocenters. The maximum Gasteiger partial charge on any atom is 0.329 e. The van der Waals surface area contributed by atoms with E-state index in [0.29, 0.717) is 5.92 Å². The Hall–Kier alpha value is -0.810. The van der Waals surface area contributed by atoms with Gasteiger partial charge in [-0.1, -0.05) is 26.2 Å². The second-order valence-corrected chi connectivity index (χ2v) is 5.09. The zero-order valence-electron chi connectivity index (χ0n) is 11.6. The standard InChI is InChI=1S/C13H28N4O/c1-2-3-4-5-8-15-13(18)16-17-9-6-12(11-14)7-10-17/h12H,2-11,14H2,1H3,(H2,15,16,18). The van der Waals surface area contributed by atoms with Crippen LogP contribution < -0.4 is 16.5 Å². The number of hydrazine groups is 1. The van der Waals surface area contributed by atoms with Crippen molar-refractivity contribution >= 4 is 6.03 Å². The highest BCUT2D eigenvalue weighted by Gasteiger charge is 2.18. The summed E-state index contributed by atoms with van der Waals surface area (Å²) in [5.41, 5.74) is 8.53. The lowest BCUT2D eigenvalue weighted by atomic mass is 9.98. The lowest BCUT2D eigenvalue weighted by Crippen LogP contribution is -2.51. The zero-order valence-corrected chi connectivity index (χ0v) is 11.6. The summed E-state index contributed by atoms with van der Waals surface area (Å²) >= 11 is 0. The minimum atomic E-state index is -0.0716. The Morgan fingerprint density at radius 3 is 2.61 bits per heavy atom. The number of carbonyl (C=O) groups excluding carboxylic acids is 1. The first kappa shape index (κ1) is 15.2. The largest absolute Gasteiger partial charge is 0.337 e. The van der Waals surface area contributed by atoms with Gasteiger partial charge < -0.3 is 11.1 Å². The Balaban J connectivity index is 2.02. The minimum absolute atomic E-state index is 0.0716. The van der Waals surface area contributed by atoms with Crippen molar-refractivity contribution < 1.29 is 4.79 Å². The van der Waals surface area contributed by atoms with Crippen LogP contribution in [0.4, 0.5) is 4.79 Å². The average Bonchev–Trinajstić information content (AvgIpc) is 2.39. The number of nitrogens with one attached hydrogen (secondary N) is 2. The third-order valence-electron chi connectivity index (χ3n) is 3.52. The molecule has 0 spiro atoms. The second kappa shape index (κ2) is 9.16. The summed E-state index contributed by atoms with van der Waals surface area (Å²) < 4.78 is 0. The molecule has 0 saturated carbocycles. The van der Waals surface area contributed by atoms with Crippen LogP contribution in [0.2, 0.25) is 0 Å². The minimum Gasteiger partial charge on any atom is -0.337 e. The van der Waals surface area contributed by atoms with Gasteiger partial charge in [-0.3, -0.25) is 5.43 Å². The monoisotopic (exact) mass is 256 g/mol. The van der Waals surface area contributed by atoms with Gasteiger partial charge in [0.25, 0.3) is 0 Å². The maximum atomic E-state index is 11.6. The lowest BCUT2D eigenvalue weighted by molar-refractivity contribution is 0.132. The molecule has 5 nitrogen and oxygen atoms in total. The number of hydrogen-bond acceptors (Lipinski definition) is 3. The van der Waals surface area contributed by atoms with Gasteiger partial charge in [0.2, 0.25) is 0 Å². The smallest absolute Gasteiger partial charge is 0.329 e. The predicted octanol–water partition coefficient (Wildman–Crippen LogP) is 1.45. The molecule has 1 aliphatic heterocycles. The Morgan fingerprint density at radius 2 is 2.00 bits per heavy atom. The first-order valence-electron chi connectivity index (χ1n) is 7.25. The molecule has 0 atom stereocenters. The topological polar surface area (TPSA) is 70.4 Å². The summed E-state index contributed by atoms with van der Waals surface area (Å²) in [7, 11) is 0. The number of amides is 2. The van der Waals surface area contributed by atoms with Crippen LogP contribution >= 0.6 is 0 Å². The van der Waals surface area contributed by atoms with Crippen molar-refractivity contribution in [2.75, 3.05) is 26.2 Å². The number of carbonyl (C=O) groups is 1. The molecule has 0 aliphatic carbocycles. The summed E-state index contributed by atoms with van der Waals surface area (Å²) in [4.78, 5) is 11.6. The molecule has 18 heavy (non-hydrogen) atoms. The summed E-state index contributed by atoms with van der Waals surface area (Å²) in [6.07, 6.45) is 6.88. The maximum absolute atomic E-state index is 11.6. The van der Waals surface area contributed by atoms with Crippen molar-refractivity contribution in [3.05, 3.63) is 0 Å². The molecule has 4 N–H and O–H groups in total. The molecule has 0 aromatic heterocycles. The molecule has 106 valence electrons. The van der Waals surface area contributed by atoms with Crippen molar-refractivity contribution in [2.24, 2.45) is 11.7 Å². The van der Waals surface area contributed by atoms with E-state index in [-0.39, 0.29) is 6.03 Å². The summed E-state index contributed by atoms with van der Waals surface area (Å²) in [6.45, 7) is 5.53. The average molecular weight is 256 g/mol. The van der Waals surface area contributed by atoms with E-state index in [9.17, 15) is 4.79 Å². The molecule has 2 amide bonds. The summed E-state index contributed by atoms with van der Waals surface area (Å²) in [6, 6.07) is -0.0716. The number of urea groups is 1. The van der Waals surface area contributed by atoms with Crippen LogP contribution in [0.25, 0.3) is 0 Å². The van der Waals surface area contributed by atoms with E-state index in [1.54, 1.807) is 0 Å². The third kappa shape index (κ3) is 6.21. The van der Waals surface area contributed by atoms with E-state index in [0.717, 1.165) is 45.4 Å². The summed E-state index contributed by atoms with van der Waals surface area (Å²) in [5, 5.41) is 4.89. The van der Waals surface area contributed by atoms with Crippen LogP contribution in [0.5, 0.6) is 0 Å². The number of nitrogens with two attached hydrogens (primary N) is 1. The van der Waals surface area contributed by atoms with Crippen LogP contribution in [0, 0.1) is 5.92 Å². The third-order valence-corrected chi connectivity index (χ3v) is 3.52. The second-order valence-electron chi connectivity index (χ2n) is 5.09. The molecule has 0 aromatic rings. The molecule has 0 radical (unpaired) electrons. The quantitative estimate of drug-likeness (QED) is 0.604. The van der Waals surface area contributed by atoms with E-state index >= 15 is 0 Å². The van der Waals surface area contributed by atoms with Gasteiger partial charge >= 0.3 is 6.03 Å². The van der Waals surface area contributed by atoms with E-state index in [2.05, 4.69) is 17.7 Å². The van der Waals surface area contributed by atoms with Crippen molar-refractivity contribution in [1.82, 2.24) is 15.8 Å². The fourth-order valence-corrected chi connectivity index (χ4v) is 2.22. The van der Waals surface area contributed by atoms with Gasteiger partial charge in [-0.05, 0) is 31.7 Å². The molecule has 1 fully saturated rings. The highest BCUT2D eigenvalue weighted by molar-refractivity contribution is 5.73. The molecule has 1 rings (SSSR count). The molecule has 0 bridgehead atoms. The van der Waals surface area contributed by atoms with Gasteiger partial charge in [0.1, 0.15) is 0 Å². The predicted molar refractivity (Wildman–Crippen MR) is 74.0 cm³/mol. The fourth-order valence-electron chi connectivity index (χ4n) is 2.22. The first-order chi connectivity index (χ1) is 8.76. The molecular weight excluding hydrogens is 228 g/mol. The Bertz CT molecular complexity index is 227. The number of piperidine rings is 1. The number of rotatable bonds is 7. The fraction of sp³-hybridized carbons (Fsp3) is 0.923. The van der Waals surface area contributed by atoms with Crippen molar-refractivity contribution in [1.29, 1.82) is 0 Å². The Labute approximate surface area is 110 Å². The Morgan fingerprint density at radius 1 is 1.28 bits per heavy atom. The van der Waals surface area contributed by atoms with Crippen LogP contribution in [0.3, 0.4) is 0 Å². The molecule has 5 heteroatoms. The zero-order chi connectivity index (χ0) is 13.2. The SMILES string of the molecule is CCCCCCNC(=O)NN1CCC(CN)CC1. The highest BCUT2D eigenvalue weighted by atomic mass is 16.2. The lowest BCUT2D eigenvalue weighted by Gasteiger charge is -2.31. The summed E-state index contributed by atoms with van der Waals surface area (Å²) in [5.74, 6) is 0.625. The first-order valence-corrected chi connectivity index (χ1v) is 7.25. The van der Waals surface area contributed by atoms with Crippen LogP contribution in [0.15, 0.2) is 0 Å². The van der Waals surface area contributed by atoms with Crippen LogP contribution in [-0.2, 0) is 0 Å². The molecule has 0 aromatic carbocycles. The van der Waals surface area contributed by atoms with Gasteiger partial charge in [0, 0.05) is 19.6 Å². The molecular formula is C13H28N4O. The van der Waals surface area contributed by atoms with Gasteiger partial charge in [-0.2, -0.15) is 0 Å². The van der Waals surface area contributed by atoms with E-state index < -0.39 is 0 Å². The normalized spacial score (nSPS) is 17.7.